The zero-order valence-corrected chi connectivity index (χ0v) is 11.9. The summed E-state index contributed by atoms with van der Waals surface area (Å²) in [5.41, 5.74) is 5.26. The van der Waals surface area contributed by atoms with Gasteiger partial charge in [0, 0.05) is 25.6 Å². The van der Waals surface area contributed by atoms with E-state index >= 15 is 0 Å². The molecule has 0 aromatic carbocycles. The summed E-state index contributed by atoms with van der Waals surface area (Å²) in [6.07, 6.45) is 1.80. The van der Waals surface area contributed by atoms with Crippen molar-refractivity contribution in [3.05, 3.63) is 11.9 Å². The van der Waals surface area contributed by atoms with E-state index < -0.39 is 0 Å². The number of aromatic nitrogens is 2. The molecule has 0 aliphatic carbocycles. The van der Waals surface area contributed by atoms with Crippen molar-refractivity contribution in [3.63, 3.8) is 0 Å². The number of nitrogens with two attached hydrogens (primary N) is 1. The lowest BCUT2D eigenvalue weighted by Gasteiger charge is -2.21. The molecule has 0 aliphatic rings. The van der Waals surface area contributed by atoms with E-state index in [0.717, 1.165) is 36.8 Å². The Balaban J connectivity index is 3.04. The first kappa shape index (κ1) is 15.2. The smallest absolute Gasteiger partial charge is 0.236 e. The quantitative estimate of drug-likeness (QED) is 0.737. The molecular formula is C13H23N5O. The molecule has 0 saturated carbocycles. The molecular weight excluding hydrogens is 242 g/mol. The molecule has 0 unspecified atom stereocenters. The van der Waals surface area contributed by atoms with Crippen LogP contribution in [-0.2, 0) is 11.2 Å². The third-order valence-corrected chi connectivity index (χ3v) is 2.64. The highest BCUT2D eigenvalue weighted by Crippen LogP contribution is 2.16. The van der Waals surface area contributed by atoms with Crippen molar-refractivity contribution >= 4 is 17.5 Å². The number of hydrogen-bond acceptors (Lipinski definition) is 5. The van der Waals surface area contributed by atoms with Crippen molar-refractivity contribution in [2.24, 2.45) is 5.73 Å². The van der Waals surface area contributed by atoms with Gasteiger partial charge < -0.3 is 16.0 Å². The molecule has 0 fully saturated rings. The summed E-state index contributed by atoms with van der Waals surface area (Å²) in [5, 5.41) is 3.19. The van der Waals surface area contributed by atoms with Crippen molar-refractivity contribution in [2.45, 2.75) is 33.6 Å². The van der Waals surface area contributed by atoms with Crippen LogP contribution in [0.4, 0.5) is 11.6 Å². The summed E-state index contributed by atoms with van der Waals surface area (Å²) in [5.74, 6) is 1.97. The molecule has 0 aliphatic heterocycles. The van der Waals surface area contributed by atoms with E-state index in [9.17, 15) is 4.79 Å². The molecule has 19 heavy (non-hydrogen) atoms. The molecule has 1 heterocycles. The Kier molecular flexibility index (Phi) is 6.05. The number of amides is 1. The standard InChI is InChI=1S/C13H23N5O/c1-4-7-11-16-12(15-5-2)8-13(17-11)18(6-3)9-10(14)19/h8H,4-7,9H2,1-3H3,(H2,14,19)(H,15,16,17). The van der Waals surface area contributed by atoms with Crippen LogP contribution in [0.15, 0.2) is 6.07 Å². The molecule has 0 saturated heterocycles. The van der Waals surface area contributed by atoms with Gasteiger partial charge in [0.05, 0.1) is 6.54 Å². The number of aryl methyl sites for hydroxylation is 1. The molecule has 1 aromatic heterocycles. The fourth-order valence-corrected chi connectivity index (χ4v) is 1.80. The molecule has 0 radical (unpaired) electrons. The number of hydrogen-bond donors (Lipinski definition) is 2. The van der Waals surface area contributed by atoms with Crippen molar-refractivity contribution < 1.29 is 4.79 Å². The van der Waals surface area contributed by atoms with E-state index in [0.29, 0.717) is 6.54 Å². The van der Waals surface area contributed by atoms with Crippen LogP contribution in [0.5, 0.6) is 0 Å². The third kappa shape index (κ3) is 4.73. The Morgan fingerprint density at radius 2 is 2.11 bits per heavy atom. The monoisotopic (exact) mass is 265 g/mol. The van der Waals surface area contributed by atoms with Crippen LogP contribution in [0.1, 0.15) is 33.0 Å². The van der Waals surface area contributed by atoms with Crippen molar-refractivity contribution in [1.82, 2.24) is 9.97 Å². The van der Waals surface area contributed by atoms with E-state index in [2.05, 4.69) is 22.2 Å². The van der Waals surface area contributed by atoms with Gasteiger partial charge in [0.25, 0.3) is 0 Å². The molecule has 106 valence electrons. The van der Waals surface area contributed by atoms with Gasteiger partial charge in [0.2, 0.25) is 5.91 Å². The SMILES string of the molecule is CCCc1nc(NCC)cc(N(CC)CC(N)=O)n1. The van der Waals surface area contributed by atoms with Gasteiger partial charge in [0.1, 0.15) is 17.5 Å². The van der Waals surface area contributed by atoms with Crippen LogP contribution in [-0.4, -0.2) is 35.5 Å². The lowest BCUT2D eigenvalue weighted by Crippen LogP contribution is -2.34. The highest BCUT2D eigenvalue weighted by Gasteiger charge is 2.12. The van der Waals surface area contributed by atoms with Gasteiger partial charge in [-0.15, -0.1) is 0 Å². The highest BCUT2D eigenvalue weighted by molar-refractivity contribution is 5.79. The third-order valence-electron chi connectivity index (χ3n) is 2.64. The van der Waals surface area contributed by atoms with E-state index in [1.165, 1.54) is 0 Å². The minimum Gasteiger partial charge on any atom is -0.370 e. The average Bonchev–Trinajstić information content (AvgIpc) is 2.36. The van der Waals surface area contributed by atoms with Crippen LogP contribution in [0.2, 0.25) is 0 Å². The topological polar surface area (TPSA) is 84.1 Å². The van der Waals surface area contributed by atoms with Crippen LogP contribution in [0, 0.1) is 0 Å². The molecule has 0 atom stereocenters. The number of carbonyl (C=O) groups excluding carboxylic acids is 1. The number of anilines is 2. The van der Waals surface area contributed by atoms with Gasteiger partial charge in [0.15, 0.2) is 0 Å². The fraction of sp³-hybridized carbons (Fsp3) is 0.615. The average molecular weight is 265 g/mol. The Labute approximate surface area is 114 Å². The van der Waals surface area contributed by atoms with Gasteiger partial charge in [-0.05, 0) is 20.3 Å². The van der Waals surface area contributed by atoms with Gasteiger partial charge in [-0.2, -0.15) is 0 Å². The summed E-state index contributed by atoms with van der Waals surface area (Å²) >= 11 is 0. The van der Waals surface area contributed by atoms with Gasteiger partial charge in [-0.1, -0.05) is 6.92 Å². The summed E-state index contributed by atoms with van der Waals surface area (Å²) in [7, 11) is 0. The molecule has 0 bridgehead atoms. The Morgan fingerprint density at radius 1 is 1.37 bits per heavy atom. The molecule has 1 rings (SSSR count). The second kappa shape index (κ2) is 7.56. The van der Waals surface area contributed by atoms with E-state index in [1.807, 2.05) is 24.8 Å². The fourth-order valence-electron chi connectivity index (χ4n) is 1.80. The molecule has 1 aromatic rings. The summed E-state index contributed by atoms with van der Waals surface area (Å²) in [6, 6.07) is 1.86. The van der Waals surface area contributed by atoms with Crippen LogP contribution in [0.3, 0.4) is 0 Å². The zero-order chi connectivity index (χ0) is 14.3. The maximum atomic E-state index is 11.1. The first-order valence-corrected chi connectivity index (χ1v) is 6.75. The molecule has 0 spiro atoms. The number of likely N-dealkylation sites (N-methyl/N-ethyl adjacent to an activating group) is 1. The number of carbonyl (C=O) groups is 1. The van der Waals surface area contributed by atoms with E-state index in [1.54, 1.807) is 0 Å². The lowest BCUT2D eigenvalue weighted by atomic mass is 10.3. The van der Waals surface area contributed by atoms with Gasteiger partial charge in [-0.25, -0.2) is 9.97 Å². The second-order valence-electron chi connectivity index (χ2n) is 4.29. The predicted molar refractivity (Wildman–Crippen MR) is 77.3 cm³/mol. The van der Waals surface area contributed by atoms with E-state index in [-0.39, 0.29) is 12.5 Å². The maximum absolute atomic E-state index is 11.1. The van der Waals surface area contributed by atoms with Crippen LogP contribution < -0.4 is 16.0 Å². The predicted octanol–water partition coefficient (Wildman–Crippen LogP) is 1.17. The maximum Gasteiger partial charge on any atom is 0.236 e. The highest BCUT2D eigenvalue weighted by atomic mass is 16.1. The normalized spacial score (nSPS) is 10.3. The van der Waals surface area contributed by atoms with Crippen molar-refractivity contribution in [2.75, 3.05) is 29.9 Å². The molecule has 6 nitrogen and oxygen atoms in total. The Hall–Kier alpha value is -1.85. The minimum absolute atomic E-state index is 0.171. The summed E-state index contributed by atoms with van der Waals surface area (Å²) in [4.78, 5) is 21.9. The number of nitrogens with zero attached hydrogens (tertiary/aromatic N) is 3. The van der Waals surface area contributed by atoms with Gasteiger partial charge >= 0.3 is 0 Å². The Bertz CT molecular complexity index is 397. The van der Waals surface area contributed by atoms with Crippen molar-refractivity contribution in [3.8, 4) is 0 Å². The summed E-state index contributed by atoms with van der Waals surface area (Å²) < 4.78 is 0. The number of nitrogens with one attached hydrogen (secondary N) is 1. The first-order valence-electron chi connectivity index (χ1n) is 6.75. The minimum atomic E-state index is -0.359. The van der Waals surface area contributed by atoms with E-state index in [4.69, 9.17) is 5.73 Å². The second-order valence-corrected chi connectivity index (χ2v) is 4.29. The first-order chi connectivity index (χ1) is 9.10. The van der Waals surface area contributed by atoms with Crippen molar-refractivity contribution in [1.29, 1.82) is 0 Å². The Morgan fingerprint density at radius 3 is 2.63 bits per heavy atom. The lowest BCUT2D eigenvalue weighted by molar-refractivity contribution is -0.116. The molecule has 3 N–H and O–H groups in total. The summed E-state index contributed by atoms with van der Waals surface area (Å²) in [6.45, 7) is 7.72. The number of rotatable bonds is 8. The molecule has 6 heteroatoms. The largest absolute Gasteiger partial charge is 0.370 e. The number of primary amides is 1. The molecule has 1 amide bonds. The zero-order valence-electron chi connectivity index (χ0n) is 11.9. The van der Waals surface area contributed by atoms with Gasteiger partial charge in [-0.3, -0.25) is 4.79 Å². The van der Waals surface area contributed by atoms with Crippen LogP contribution >= 0.6 is 0 Å². The van der Waals surface area contributed by atoms with Crippen LogP contribution in [0.25, 0.3) is 0 Å².